The molecule has 7 nitrogen and oxygen atoms in total. The van der Waals surface area contributed by atoms with E-state index in [0.29, 0.717) is 17.7 Å². The van der Waals surface area contributed by atoms with E-state index in [0.717, 1.165) is 0 Å². The van der Waals surface area contributed by atoms with E-state index >= 15 is 0 Å². The van der Waals surface area contributed by atoms with Crippen LogP contribution in [0, 0.1) is 0 Å². The van der Waals surface area contributed by atoms with E-state index in [-0.39, 0.29) is 29.3 Å². The van der Waals surface area contributed by atoms with Gasteiger partial charge in [-0.3, -0.25) is 0 Å². The van der Waals surface area contributed by atoms with Crippen LogP contribution in [0.3, 0.4) is 0 Å². The molecule has 1 aliphatic heterocycles. The molecule has 0 radical (unpaired) electrons. The summed E-state index contributed by atoms with van der Waals surface area (Å²) in [5, 5.41) is -0.152. The molecule has 8 heteroatoms. The Kier molecular flexibility index (Phi) is 5.26. The van der Waals surface area contributed by atoms with Gasteiger partial charge in [0.15, 0.2) is 11.5 Å². The summed E-state index contributed by atoms with van der Waals surface area (Å²) in [5.41, 5.74) is 1.32. The van der Waals surface area contributed by atoms with Crippen LogP contribution in [0.5, 0.6) is 0 Å². The molecule has 1 aliphatic rings. The summed E-state index contributed by atoms with van der Waals surface area (Å²) in [6, 6.07) is 18.2. The highest BCUT2D eigenvalue weighted by atomic mass is 32.2. The van der Waals surface area contributed by atoms with Gasteiger partial charge >= 0.3 is 0 Å². The van der Waals surface area contributed by atoms with Crippen LogP contribution < -0.4 is 4.72 Å². The first-order valence-electron chi connectivity index (χ1n) is 9.27. The van der Waals surface area contributed by atoms with Gasteiger partial charge in [-0.2, -0.15) is 4.98 Å². The first kappa shape index (κ1) is 19.8. The van der Waals surface area contributed by atoms with Crippen molar-refractivity contribution >= 4 is 10.0 Å². The van der Waals surface area contributed by atoms with Crippen LogP contribution in [-0.2, 0) is 19.5 Å². The SMILES string of the molecule is CC1(C)OCC(CNS(=O)(=O)c2nc(-c3ccccc3)oc2-c2ccccc2)O1. The second-order valence-electron chi connectivity index (χ2n) is 7.19. The summed E-state index contributed by atoms with van der Waals surface area (Å²) in [5.74, 6) is -0.285. The Labute approximate surface area is 169 Å². The number of oxazole rings is 1. The number of aromatic nitrogens is 1. The first-order chi connectivity index (χ1) is 13.8. The molecule has 0 amide bonds. The van der Waals surface area contributed by atoms with Crippen molar-refractivity contribution in [3.63, 3.8) is 0 Å². The summed E-state index contributed by atoms with van der Waals surface area (Å²) < 4.78 is 45.7. The van der Waals surface area contributed by atoms with E-state index in [1.807, 2.05) is 48.5 Å². The predicted octanol–water partition coefficient (Wildman–Crippen LogP) is 3.44. The van der Waals surface area contributed by atoms with Gasteiger partial charge in [0.25, 0.3) is 10.0 Å². The first-order valence-corrected chi connectivity index (χ1v) is 10.8. The number of hydrogen-bond acceptors (Lipinski definition) is 6. The van der Waals surface area contributed by atoms with Crippen molar-refractivity contribution in [1.29, 1.82) is 0 Å². The fourth-order valence-corrected chi connectivity index (χ4v) is 4.25. The number of benzene rings is 2. The van der Waals surface area contributed by atoms with E-state index in [2.05, 4.69) is 9.71 Å². The van der Waals surface area contributed by atoms with Gasteiger partial charge in [0.1, 0.15) is 0 Å². The highest BCUT2D eigenvalue weighted by Gasteiger charge is 2.34. The Balaban J connectivity index is 1.67. The summed E-state index contributed by atoms with van der Waals surface area (Å²) in [6.07, 6.45) is -0.375. The van der Waals surface area contributed by atoms with E-state index in [1.165, 1.54) is 0 Å². The van der Waals surface area contributed by atoms with Gasteiger partial charge in [0, 0.05) is 17.7 Å². The van der Waals surface area contributed by atoms with Crippen LogP contribution in [0.25, 0.3) is 22.8 Å². The summed E-state index contributed by atoms with van der Waals surface area (Å²) in [4.78, 5) is 4.31. The van der Waals surface area contributed by atoms with Gasteiger partial charge in [-0.15, -0.1) is 0 Å². The zero-order valence-corrected chi connectivity index (χ0v) is 17.0. The molecule has 0 aliphatic carbocycles. The molecule has 152 valence electrons. The molecule has 29 heavy (non-hydrogen) atoms. The van der Waals surface area contributed by atoms with Crippen LogP contribution in [0.15, 0.2) is 70.1 Å². The van der Waals surface area contributed by atoms with E-state index in [4.69, 9.17) is 13.9 Å². The van der Waals surface area contributed by atoms with Crippen molar-refractivity contribution in [2.45, 2.75) is 30.8 Å². The fraction of sp³-hybridized carbons (Fsp3) is 0.286. The molecule has 1 saturated heterocycles. The minimum atomic E-state index is -3.94. The largest absolute Gasteiger partial charge is 0.435 e. The minimum Gasteiger partial charge on any atom is -0.435 e. The lowest BCUT2D eigenvalue weighted by Crippen LogP contribution is -2.34. The topological polar surface area (TPSA) is 90.7 Å². The average molecular weight is 414 g/mol. The Bertz CT molecular complexity index is 1080. The van der Waals surface area contributed by atoms with E-state index in [1.54, 1.807) is 26.0 Å². The van der Waals surface area contributed by atoms with Crippen LogP contribution in [0.2, 0.25) is 0 Å². The van der Waals surface area contributed by atoms with Crippen molar-refractivity contribution in [2.75, 3.05) is 13.2 Å². The Morgan fingerprint density at radius 1 is 1.03 bits per heavy atom. The summed E-state index contributed by atoms with van der Waals surface area (Å²) in [6.45, 7) is 3.97. The van der Waals surface area contributed by atoms with Gasteiger partial charge in [0.05, 0.1) is 12.7 Å². The number of nitrogens with one attached hydrogen (secondary N) is 1. The highest BCUT2D eigenvalue weighted by molar-refractivity contribution is 7.89. The number of hydrogen-bond donors (Lipinski definition) is 1. The van der Waals surface area contributed by atoms with Crippen molar-refractivity contribution < 1.29 is 22.3 Å². The third kappa shape index (κ3) is 4.40. The quantitative estimate of drug-likeness (QED) is 0.664. The monoisotopic (exact) mass is 414 g/mol. The van der Waals surface area contributed by atoms with E-state index in [9.17, 15) is 8.42 Å². The van der Waals surface area contributed by atoms with Crippen molar-refractivity contribution in [2.24, 2.45) is 0 Å². The molecular weight excluding hydrogens is 392 g/mol. The van der Waals surface area contributed by atoms with Gasteiger partial charge in [-0.25, -0.2) is 13.1 Å². The highest BCUT2D eigenvalue weighted by Crippen LogP contribution is 2.32. The van der Waals surface area contributed by atoms with Gasteiger partial charge < -0.3 is 13.9 Å². The Morgan fingerprint density at radius 3 is 2.24 bits per heavy atom. The lowest BCUT2D eigenvalue weighted by atomic mass is 10.2. The van der Waals surface area contributed by atoms with Gasteiger partial charge in [0.2, 0.25) is 10.9 Å². The van der Waals surface area contributed by atoms with Crippen LogP contribution in [-0.4, -0.2) is 38.4 Å². The molecule has 1 fully saturated rings. The second kappa shape index (κ2) is 7.72. The van der Waals surface area contributed by atoms with Gasteiger partial charge in [-0.05, 0) is 26.0 Å². The van der Waals surface area contributed by atoms with Crippen LogP contribution in [0.4, 0.5) is 0 Å². The molecule has 4 rings (SSSR count). The maximum Gasteiger partial charge on any atom is 0.262 e. The maximum absolute atomic E-state index is 13.1. The molecule has 0 spiro atoms. The Morgan fingerprint density at radius 2 is 1.66 bits per heavy atom. The second-order valence-corrected chi connectivity index (χ2v) is 8.87. The lowest BCUT2D eigenvalue weighted by Gasteiger charge is -2.17. The Hall–Kier alpha value is -2.52. The minimum absolute atomic E-state index is 0.0769. The molecule has 1 atom stereocenters. The standard InChI is InChI=1S/C21H22N2O5S/c1-21(2)26-14-17(28-21)13-22-29(24,25)20-18(15-9-5-3-6-10-15)27-19(23-20)16-11-7-4-8-12-16/h3-12,17,22H,13-14H2,1-2H3. The van der Waals surface area contributed by atoms with Crippen LogP contribution in [0.1, 0.15) is 13.8 Å². The predicted molar refractivity (Wildman–Crippen MR) is 107 cm³/mol. The fourth-order valence-electron chi connectivity index (χ4n) is 3.10. The molecule has 0 bridgehead atoms. The molecule has 1 aromatic heterocycles. The van der Waals surface area contributed by atoms with Crippen molar-refractivity contribution in [3.05, 3.63) is 60.7 Å². The zero-order valence-electron chi connectivity index (χ0n) is 16.2. The molecule has 0 saturated carbocycles. The normalized spacial score (nSPS) is 18.8. The van der Waals surface area contributed by atoms with Gasteiger partial charge in [-0.1, -0.05) is 48.5 Å². The van der Waals surface area contributed by atoms with Crippen molar-refractivity contribution in [1.82, 2.24) is 9.71 Å². The van der Waals surface area contributed by atoms with E-state index < -0.39 is 15.8 Å². The smallest absolute Gasteiger partial charge is 0.262 e. The summed E-state index contributed by atoms with van der Waals surface area (Å²) in [7, 11) is -3.94. The lowest BCUT2D eigenvalue weighted by molar-refractivity contribution is -0.137. The molecular formula is C21H22N2O5S. The summed E-state index contributed by atoms with van der Waals surface area (Å²) >= 11 is 0. The number of rotatable bonds is 6. The molecule has 2 heterocycles. The number of sulfonamides is 1. The number of ether oxygens (including phenoxy) is 2. The third-order valence-electron chi connectivity index (χ3n) is 4.48. The zero-order chi connectivity index (χ0) is 20.5. The average Bonchev–Trinajstić information content (AvgIpc) is 3.32. The maximum atomic E-state index is 13.1. The molecule has 1 N–H and O–H groups in total. The molecule has 2 aromatic carbocycles. The molecule has 1 unspecified atom stereocenters. The number of nitrogens with zero attached hydrogens (tertiary/aromatic N) is 1. The van der Waals surface area contributed by atoms with Crippen LogP contribution >= 0.6 is 0 Å². The third-order valence-corrected chi connectivity index (χ3v) is 5.81. The van der Waals surface area contributed by atoms with Crippen molar-refractivity contribution in [3.8, 4) is 22.8 Å². The molecule has 3 aromatic rings.